The van der Waals surface area contributed by atoms with Crippen LogP contribution in [0, 0.1) is 5.92 Å². The third-order valence-electron chi connectivity index (χ3n) is 3.34. The Bertz CT molecular complexity index is 403. The molecule has 5 heteroatoms. The highest BCUT2D eigenvalue weighted by molar-refractivity contribution is 7.12. The lowest BCUT2D eigenvalue weighted by Gasteiger charge is -2.32. The molecule has 1 unspecified atom stereocenters. The number of thiophene rings is 1. The Labute approximate surface area is 111 Å². The lowest BCUT2D eigenvalue weighted by Crippen LogP contribution is -2.36. The van der Waals surface area contributed by atoms with Crippen molar-refractivity contribution in [2.24, 2.45) is 5.92 Å². The Hall–Kier alpha value is -0.910. The zero-order valence-corrected chi connectivity index (χ0v) is 11.4. The van der Waals surface area contributed by atoms with E-state index in [0.29, 0.717) is 10.8 Å². The molecule has 0 amide bonds. The van der Waals surface area contributed by atoms with Crippen LogP contribution in [-0.2, 0) is 11.3 Å². The van der Waals surface area contributed by atoms with Crippen molar-refractivity contribution in [1.82, 2.24) is 4.90 Å². The van der Waals surface area contributed by atoms with Crippen LogP contribution in [0.1, 0.15) is 28.1 Å². The SMILES string of the molecule is COCC1CCCN(Cc2ccsc2C(=O)O)C1. The highest BCUT2D eigenvalue weighted by atomic mass is 32.1. The number of likely N-dealkylation sites (tertiary alicyclic amines) is 1. The van der Waals surface area contributed by atoms with Crippen LogP contribution in [0.2, 0.25) is 0 Å². The zero-order valence-electron chi connectivity index (χ0n) is 10.6. The van der Waals surface area contributed by atoms with Gasteiger partial charge in [0.05, 0.1) is 6.61 Å². The molecule has 18 heavy (non-hydrogen) atoms. The average molecular weight is 269 g/mol. The second-order valence-corrected chi connectivity index (χ2v) is 5.69. The van der Waals surface area contributed by atoms with Crippen LogP contribution in [0.3, 0.4) is 0 Å². The van der Waals surface area contributed by atoms with Gasteiger partial charge in [-0.25, -0.2) is 4.79 Å². The number of hydrogen-bond donors (Lipinski definition) is 1. The van der Waals surface area contributed by atoms with E-state index in [1.54, 1.807) is 7.11 Å². The summed E-state index contributed by atoms with van der Waals surface area (Å²) in [5.41, 5.74) is 0.936. The lowest BCUT2D eigenvalue weighted by atomic mass is 9.98. The van der Waals surface area contributed by atoms with Crippen LogP contribution in [0.5, 0.6) is 0 Å². The van der Waals surface area contributed by atoms with Crippen LogP contribution >= 0.6 is 11.3 Å². The molecule has 0 aromatic carbocycles. The summed E-state index contributed by atoms with van der Waals surface area (Å²) in [5, 5.41) is 10.9. The van der Waals surface area contributed by atoms with Crippen molar-refractivity contribution in [3.8, 4) is 0 Å². The molecular formula is C13H19NO3S. The summed E-state index contributed by atoms with van der Waals surface area (Å²) in [5.74, 6) is -0.235. The first-order chi connectivity index (χ1) is 8.70. The minimum atomic E-state index is -0.814. The maximum absolute atomic E-state index is 11.1. The van der Waals surface area contributed by atoms with E-state index in [4.69, 9.17) is 9.84 Å². The number of nitrogens with zero attached hydrogens (tertiary/aromatic N) is 1. The molecule has 1 aliphatic rings. The van der Waals surface area contributed by atoms with Gasteiger partial charge in [-0.2, -0.15) is 0 Å². The highest BCUT2D eigenvalue weighted by Crippen LogP contribution is 2.22. The first-order valence-electron chi connectivity index (χ1n) is 6.21. The Morgan fingerprint density at radius 3 is 3.22 bits per heavy atom. The fraction of sp³-hybridized carbons (Fsp3) is 0.615. The van der Waals surface area contributed by atoms with Gasteiger partial charge >= 0.3 is 5.97 Å². The van der Waals surface area contributed by atoms with Crippen LogP contribution in [-0.4, -0.2) is 42.8 Å². The van der Waals surface area contributed by atoms with Crippen molar-refractivity contribution in [3.63, 3.8) is 0 Å². The first kappa shape index (κ1) is 13.5. The van der Waals surface area contributed by atoms with Gasteiger partial charge in [0.2, 0.25) is 0 Å². The average Bonchev–Trinajstić information content (AvgIpc) is 2.78. The van der Waals surface area contributed by atoms with Gasteiger partial charge in [-0.15, -0.1) is 11.3 Å². The van der Waals surface area contributed by atoms with Crippen LogP contribution in [0.25, 0.3) is 0 Å². The van der Waals surface area contributed by atoms with Gasteiger partial charge in [-0.05, 0) is 42.3 Å². The Kier molecular flexibility index (Phi) is 4.74. The number of aromatic carboxylic acids is 1. The molecular weight excluding hydrogens is 250 g/mol. The van der Waals surface area contributed by atoms with Crippen LogP contribution in [0.4, 0.5) is 0 Å². The molecule has 1 N–H and O–H groups in total. The number of ether oxygens (including phenoxy) is 1. The normalized spacial score (nSPS) is 21.1. The molecule has 1 aromatic heterocycles. The number of carbonyl (C=O) groups is 1. The molecule has 1 fully saturated rings. The summed E-state index contributed by atoms with van der Waals surface area (Å²) < 4.78 is 5.21. The largest absolute Gasteiger partial charge is 0.477 e. The third kappa shape index (κ3) is 3.31. The van der Waals surface area contributed by atoms with E-state index in [1.807, 2.05) is 11.4 Å². The van der Waals surface area contributed by atoms with Crippen molar-refractivity contribution in [3.05, 3.63) is 21.9 Å². The first-order valence-corrected chi connectivity index (χ1v) is 7.09. The number of methoxy groups -OCH3 is 1. The zero-order chi connectivity index (χ0) is 13.0. The number of carboxylic acids is 1. The molecule has 0 bridgehead atoms. The van der Waals surface area contributed by atoms with Crippen molar-refractivity contribution < 1.29 is 14.6 Å². The summed E-state index contributed by atoms with van der Waals surface area (Å²) in [6, 6.07) is 1.92. The quantitative estimate of drug-likeness (QED) is 0.891. The van der Waals surface area contributed by atoms with E-state index in [9.17, 15) is 4.79 Å². The van der Waals surface area contributed by atoms with E-state index in [0.717, 1.165) is 31.8 Å². The van der Waals surface area contributed by atoms with Gasteiger partial charge in [0.25, 0.3) is 0 Å². The van der Waals surface area contributed by atoms with E-state index in [2.05, 4.69) is 4.90 Å². The van der Waals surface area contributed by atoms with E-state index in [-0.39, 0.29) is 0 Å². The lowest BCUT2D eigenvalue weighted by molar-refractivity contribution is 0.0695. The number of piperidine rings is 1. The monoisotopic (exact) mass is 269 g/mol. The molecule has 1 aliphatic heterocycles. The minimum absolute atomic E-state index is 0.476. The molecule has 0 spiro atoms. The standard InChI is InChI=1S/C13H19NO3S/c1-17-9-10-3-2-5-14(7-10)8-11-4-6-18-12(11)13(15)16/h4,6,10H,2-3,5,7-9H2,1H3,(H,15,16). The van der Waals surface area contributed by atoms with E-state index in [1.165, 1.54) is 24.2 Å². The second kappa shape index (κ2) is 6.31. The van der Waals surface area contributed by atoms with Gasteiger partial charge in [0.15, 0.2) is 0 Å². The molecule has 0 radical (unpaired) electrons. The third-order valence-corrected chi connectivity index (χ3v) is 4.29. The Balaban J connectivity index is 1.96. The van der Waals surface area contributed by atoms with Crippen molar-refractivity contribution in [2.75, 3.05) is 26.8 Å². The molecule has 2 rings (SSSR count). The molecule has 1 saturated heterocycles. The van der Waals surface area contributed by atoms with Crippen LogP contribution < -0.4 is 0 Å². The molecule has 1 atom stereocenters. The fourth-order valence-corrected chi connectivity index (χ4v) is 3.31. The topological polar surface area (TPSA) is 49.8 Å². The molecule has 2 heterocycles. The molecule has 0 aliphatic carbocycles. The van der Waals surface area contributed by atoms with E-state index >= 15 is 0 Å². The summed E-state index contributed by atoms with van der Waals surface area (Å²) in [6.07, 6.45) is 2.38. The summed E-state index contributed by atoms with van der Waals surface area (Å²) in [7, 11) is 1.74. The maximum atomic E-state index is 11.1. The van der Waals surface area contributed by atoms with Crippen molar-refractivity contribution in [2.45, 2.75) is 19.4 Å². The predicted octanol–water partition coefficient (Wildman–Crippen LogP) is 2.30. The molecule has 4 nitrogen and oxygen atoms in total. The fourth-order valence-electron chi connectivity index (χ4n) is 2.56. The number of hydrogen-bond acceptors (Lipinski definition) is 4. The second-order valence-electron chi connectivity index (χ2n) is 4.78. The van der Waals surface area contributed by atoms with E-state index < -0.39 is 5.97 Å². The predicted molar refractivity (Wildman–Crippen MR) is 71.2 cm³/mol. The smallest absolute Gasteiger partial charge is 0.346 e. The Morgan fingerprint density at radius 1 is 1.67 bits per heavy atom. The summed E-state index contributed by atoms with van der Waals surface area (Å²) in [6.45, 7) is 3.59. The molecule has 0 saturated carbocycles. The highest BCUT2D eigenvalue weighted by Gasteiger charge is 2.21. The van der Waals surface area contributed by atoms with Gasteiger partial charge in [0, 0.05) is 20.2 Å². The summed E-state index contributed by atoms with van der Waals surface area (Å²) >= 11 is 1.31. The van der Waals surface area contributed by atoms with Crippen molar-refractivity contribution in [1.29, 1.82) is 0 Å². The van der Waals surface area contributed by atoms with Crippen molar-refractivity contribution >= 4 is 17.3 Å². The minimum Gasteiger partial charge on any atom is -0.477 e. The number of rotatable bonds is 5. The van der Waals surface area contributed by atoms with Crippen LogP contribution in [0.15, 0.2) is 11.4 Å². The molecule has 1 aromatic rings. The van der Waals surface area contributed by atoms with Gasteiger partial charge in [0.1, 0.15) is 4.88 Å². The van der Waals surface area contributed by atoms with Gasteiger partial charge in [-0.3, -0.25) is 4.90 Å². The van der Waals surface area contributed by atoms with Gasteiger partial charge < -0.3 is 9.84 Å². The number of carboxylic acid groups (broad SMARTS) is 1. The summed E-state index contributed by atoms with van der Waals surface area (Å²) in [4.78, 5) is 13.9. The van der Waals surface area contributed by atoms with Gasteiger partial charge in [-0.1, -0.05) is 0 Å². The Morgan fingerprint density at radius 2 is 2.50 bits per heavy atom. The molecule has 100 valence electrons. The maximum Gasteiger partial charge on any atom is 0.346 e.